The maximum Gasteiger partial charge on any atom is 0.335 e. The van der Waals surface area contributed by atoms with Gasteiger partial charge in [-0.2, -0.15) is 0 Å². The zero-order valence-corrected chi connectivity index (χ0v) is 16.8. The minimum absolute atomic E-state index is 0.0161. The predicted octanol–water partition coefficient (Wildman–Crippen LogP) is 2.93. The Morgan fingerprint density at radius 3 is 3.00 bits per heavy atom. The predicted molar refractivity (Wildman–Crippen MR) is 108 cm³/mol. The number of hydrogen-bond acceptors (Lipinski definition) is 6. The summed E-state index contributed by atoms with van der Waals surface area (Å²) in [5.74, 6) is -1.59. The number of H-pyrrole nitrogens is 1. The molecule has 1 fully saturated rings. The quantitative estimate of drug-likeness (QED) is 0.409. The number of hydrogen-bond donors (Lipinski definition) is 4. The Hall–Kier alpha value is -2.34. The second-order valence-corrected chi connectivity index (χ2v) is 8.16. The van der Waals surface area contributed by atoms with E-state index in [1.165, 1.54) is 0 Å². The third kappa shape index (κ3) is 3.53. The van der Waals surface area contributed by atoms with E-state index in [0.717, 1.165) is 15.2 Å². The SMILES string of the molecule is O=C(O)C1(O)CCCC(Nc2nc(-c3c[nH]c4ncc(I)cc34)ncc2F)C1. The van der Waals surface area contributed by atoms with E-state index in [2.05, 4.69) is 47.8 Å². The first-order valence-electron chi connectivity index (χ1n) is 8.73. The topological polar surface area (TPSA) is 124 Å². The highest BCUT2D eigenvalue weighted by molar-refractivity contribution is 14.1. The van der Waals surface area contributed by atoms with Gasteiger partial charge >= 0.3 is 5.97 Å². The van der Waals surface area contributed by atoms with Crippen LogP contribution in [0.2, 0.25) is 0 Å². The number of aromatic amines is 1. The van der Waals surface area contributed by atoms with Gasteiger partial charge in [0.05, 0.1) is 6.20 Å². The molecule has 0 aromatic carbocycles. The zero-order chi connectivity index (χ0) is 19.9. The molecular weight excluding hydrogens is 480 g/mol. The summed E-state index contributed by atoms with van der Waals surface area (Å²) in [5, 5.41) is 23.2. The number of nitrogens with zero attached hydrogens (tertiary/aromatic N) is 3. The van der Waals surface area contributed by atoms with Gasteiger partial charge in [0.1, 0.15) is 5.65 Å². The lowest BCUT2D eigenvalue weighted by molar-refractivity contribution is -0.162. The number of fused-ring (bicyclic) bond motifs is 1. The largest absolute Gasteiger partial charge is 0.479 e. The third-order valence-corrected chi connectivity index (χ3v) is 5.54. The van der Waals surface area contributed by atoms with Crippen molar-refractivity contribution in [2.24, 2.45) is 0 Å². The molecule has 28 heavy (non-hydrogen) atoms. The highest BCUT2D eigenvalue weighted by Crippen LogP contribution is 2.32. The zero-order valence-electron chi connectivity index (χ0n) is 14.6. The summed E-state index contributed by atoms with van der Waals surface area (Å²) >= 11 is 2.16. The van der Waals surface area contributed by atoms with Gasteiger partial charge in [-0.15, -0.1) is 0 Å². The Labute approximate surface area is 172 Å². The molecule has 0 spiro atoms. The molecular formula is C18H17FIN5O3. The summed E-state index contributed by atoms with van der Waals surface area (Å²) in [4.78, 5) is 27.1. The molecule has 0 bridgehead atoms. The molecule has 3 aromatic rings. The van der Waals surface area contributed by atoms with E-state index in [4.69, 9.17) is 0 Å². The number of nitrogens with one attached hydrogen (secondary N) is 2. The van der Waals surface area contributed by atoms with Crippen LogP contribution in [0.5, 0.6) is 0 Å². The number of aliphatic carboxylic acids is 1. The Kier molecular flexibility index (Phi) is 4.91. The van der Waals surface area contributed by atoms with Crippen molar-refractivity contribution in [2.75, 3.05) is 5.32 Å². The van der Waals surface area contributed by atoms with Gasteiger partial charge in [-0.3, -0.25) is 0 Å². The number of carbonyl (C=O) groups is 1. The molecule has 1 aliphatic carbocycles. The molecule has 1 saturated carbocycles. The van der Waals surface area contributed by atoms with E-state index in [1.54, 1.807) is 12.4 Å². The van der Waals surface area contributed by atoms with E-state index in [1.807, 2.05) is 6.07 Å². The molecule has 4 N–H and O–H groups in total. The van der Waals surface area contributed by atoms with Crippen molar-refractivity contribution in [1.29, 1.82) is 0 Å². The second kappa shape index (κ2) is 7.24. The fourth-order valence-electron chi connectivity index (χ4n) is 3.52. The first-order valence-corrected chi connectivity index (χ1v) is 9.81. The monoisotopic (exact) mass is 497 g/mol. The van der Waals surface area contributed by atoms with E-state index >= 15 is 0 Å². The normalized spacial score (nSPS) is 22.3. The first-order chi connectivity index (χ1) is 13.4. The fraction of sp³-hybridized carbons (Fsp3) is 0.333. The van der Waals surface area contributed by atoms with Crippen LogP contribution in [-0.2, 0) is 4.79 Å². The van der Waals surface area contributed by atoms with Crippen LogP contribution in [0.25, 0.3) is 22.4 Å². The van der Waals surface area contributed by atoms with E-state index in [-0.39, 0.29) is 18.7 Å². The fourth-order valence-corrected chi connectivity index (χ4v) is 3.98. The average molecular weight is 497 g/mol. The summed E-state index contributed by atoms with van der Waals surface area (Å²) in [6, 6.07) is 1.53. The summed E-state index contributed by atoms with van der Waals surface area (Å²) in [6.45, 7) is 0. The number of halogens is 2. The second-order valence-electron chi connectivity index (χ2n) is 6.92. The Morgan fingerprint density at radius 2 is 2.21 bits per heavy atom. The van der Waals surface area contributed by atoms with Crippen molar-refractivity contribution >= 4 is 45.4 Å². The number of pyridine rings is 1. The summed E-state index contributed by atoms with van der Waals surface area (Å²) < 4.78 is 15.3. The lowest BCUT2D eigenvalue weighted by Gasteiger charge is -2.34. The molecule has 3 heterocycles. The van der Waals surface area contributed by atoms with Crippen LogP contribution in [0.3, 0.4) is 0 Å². The summed E-state index contributed by atoms with van der Waals surface area (Å²) in [5.41, 5.74) is -0.437. The molecule has 0 saturated heterocycles. The van der Waals surface area contributed by atoms with Crippen LogP contribution in [0.15, 0.2) is 24.7 Å². The van der Waals surface area contributed by atoms with Gasteiger partial charge in [0.15, 0.2) is 23.1 Å². The number of rotatable bonds is 4. The Morgan fingerprint density at radius 1 is 1.39 bits per heavy atom. The highest BCUT2D eigenvalue weighted by atomic mass is 127. The molecule has 1 aliphatic rings. The van der Waals surface area contributed by atoms with Gasteiger partial charge in [0, 0.05) is 39.4 Å². The van der Waals surface area contributed by atoms with Crippen molar-refractivity contribution in [1.82, 2.24) is 19.9 Å². The van der Waals surface area contributed by atoms with E-state index < -0.39 is 23.4 Å². The smallest absolute Gasteiger partial charge is 0.335 e. The van der Waals surface area contributed by atoms with Gasteiger partial charge < -0.3 is 20.5 Å². The number of carboxylic acid groups (broad SMARTS) is 1. The minimum atomic E-state index is -1.80. The van der Waals surface area contributed by atoms with E-state index in [0.29, 0.717) is 29.9 Å². The van der Waals surface area contributed by atoms with Gasteiger partial charge in [-0.05, 0) is 47.9 Å². The van der Waals surface area contributed by atoms with Crippen molar-refractivity contribution in [3.8, 4) is 11.4 Å². The highest BCUT2D eigenvalue weighted by Gasteiger charge is 2.41. The van der Waals surface area contributed by atoms with Crippen molar-refractivity contribution in [3.63, 3.8) is 0 Å². The van der Waals surface area contributed by atoms with E-state index in [9.17, 15) is 19.4 Å². The molecule has 0 aliphatic heterocycles. The average Bonchev–Trinajstić information content (AvgIpc) is 3.06. The van der Waals surface area contributed by atoms with Crippen molar-refractivity contribution < 1.29 is 19.4 Å². The Balaban J connectivity index is 1.64. The molecule has 2 atom stereocenters. The summed E-state index contributed by atoms with van der Waals surface area (Å²) in [7, 11) is 0. The molecule has 0 amide bonds. The van der Waals surface area contributed by atoms with Crippen LogP contribution in [0.1, 0.15) is 25.7 Å². The molecule has 4 rings (SSSR count). The third-order valence-electron chi connectivity index (χ3n) is 4.95. The lowest BCUT2D eigenvalue weighted by atomic mass is 9.82. The molecule has 146 valence electrons. The van der Waals surface area contributed by atoms with Crippen LogP contribution >= 0.6 is 22.6 Å². The molecule has 8 nitrogen and oxygen atoms in total. The summed E-state index contributed by atoms with van der Waals surface area (Å²) in [6.07, 6.45) is 5.82. The molecule has 0 radical (unpaired) electrons. The number of aromatic nitrogens is 4. The number of carboxylic acids is 1. The maximum absolute atomic E-state index is 14.3. The molecule has 3 aromatic heterocycles. The maximum atomic E-state index is 14.3. The Bertz CT molecular complexity index is 1060. The van der Waals surface area contributed by atoms with Crippen LogP contribution in [-0.4, -0.2) is 47.8 Å². The van der Waals surface area contributed by atoms with Crippen LogP contribution in [0, 0.1) is 9.39 Å². The number of aliphatic hydroxyl groups is 1. The van der Waals surface area contributed by atoms with Crippen molar-refractivity contribution in [2.45, 2.75) is 37.3 Å². The van der Waals surface area contributed by atoms with Gasteiger partial charge in [-0.25, -0.2) is 24.1 Å². The van der Waals surface area contributed by atoms with Crippen LogP contribution < -0.4 is 5.32 Å². The lowest BCUT2D eigenvalue weighted by Crippen LogP contribution is -2.46. The van der Waals surface area contributed by atoms with Gasteiger partial charge in [0.2, 0.25) is 0 Å². The molecule has 2 unspecified atom stereocenters. The molecule has 10 heteroatoms. The number of anilines is 1. The standard InChI is InChI=1S/C18H17FIN5O3/c19-13-8-23-15(12-7-22-14-11(12)4-9(20)6-21-14)25-16(13)24-10-2-1-3-18(28,5-10)17(26)27/h4,6-8,10,28H,1-3,5H2,(H,21,22)(H,26,27)(H,23,24,25). The van der Waals surface area contributed by atoms with Crippen molar-refractivity contribution in [3.05, 3.63) is 34.0 Å². The van der Waals surface area contributed by atoms with Gasteiger partial charge in [0.25, 0.3) is 0 Å². The first kappa shape index (κ1) is 19.0. The minimum Gasteiger partial charge on any atom is -0.479 e. The van der Waals surface area contributed by atoms with Gasteiger partial charge in [-0.1, -0.05) is 0 Å². The van der Waals surface area contributed by atoms with Crippen LogP contribution in [0.4, 0.5) is 10.2 Å².